The van der Waals surface area contributed by atoms with Gasteiger partial charge in [0.25, 0.3) is 17.7 Å². The zero-order valence-corrected chi connectivity index (χ0v) is 51.7. The zero-order valence-electron chi connectivity index (χ0n) is 49.3. The van der Waals surface area contributed by atoms with Crippen LogP contribution in [0.5, 0.6) is 0 Å². The Morgan fingerprint density at radius 3 is 1.02 bits per heavy atom. The molecule has 0 aliphatic carbocycles. The van der Waals surface area contributed by atoms with Gasteiger partial charge in [-0.25, -0.2) is 86.7 Å². The van der Waals surface area contributed by atoms with E-state index in [0.717, 1.165) is 29.4 Å². The Morgan fingerprint density at radius 2 is 0.719 bits per heavy atom. The van der Waals surface area contributed by atoms with Crippen molar-refractivity contribution >= 4 is 70.8 Å². The summed E-state index contributed by atoms with van der Waals surface area (Å²) in [4.78, 5) is 45.8. The normalized spacial score (nSPS) is 20.0. The van der Waals surface area contributed by atoms with Crippen molar-refractivity contribution < 1.29 is 126 Å². The Bertz CT molecular complexity index is 4060. The number of rotatable bonds is 13. The van der Waals surface area contributed by atoms with Crippen molar-refractivity contribution in [3.63, 3.8) is 0 Å². The van der Waals surface area contributed by atoms with Gasteiger partial charge in [-0.3, -0.25) is 19.2 Å². The fourth-order valence-electron chi connectivity index (χ4n) is 9.63. The number of nitrogens with zero attached hydrogens (tertiary/aromatic N) is 3. The number of alkyl halides is 2. The van der Waals surface area contributed by atoms with Crippen LogP contribution in [0.25, 0.3) is 0 Å². The summed E-state index contributed by atoms with van der Waals surface area (Å²) in [6.45, 7) is -1.30. The number of halogens is 14. The molecule has 3 heterocycles. The molecule has 3 aliphatic heterocycles. The average molecular weight is 1430 g/mol. The van der Waals surface area contributed by atoms with Crippen molar-refractivity contribution in [1.29, 1.82) is 0 Å². The molecule has 37 heteroatoms. The van der Waals surface area contributed by atoms with Gasteiger partial charge in [-0.2, -0.15) is 12.9 Å². The highest BCUT2D eigenvalue weighted by Gasteiger charge is 2.38. The van der Waals surface area contributed by atoms with E-state index < -0.39 is 212 Å². The first-order valence-electron chi connectivity index (χ1n) is 28.2. The second kappa shape index (κ2) is 31.4. The number of nitrogens with one attached hydrogen (secondary N) is 3. The summed E-state index contributed by atoms with van der Waals surface area (Å²) in [7, 11) is -13.7. The van der Waals surface area contributed by atoms with Crippen LogP contribution in [0.15, 0.2) is 106 Å². The third kappa shape index (κ3) is 18.3. The molecule has 6 aromatic rings. The molecule has 3 saturated heterocycles. The fourth-order valence-corrected chi connectivity index (χ4v) is 14.4. The first-order chi connectivity index (χ1) is 44.9. The van der Waals surface area contributed by atoms with Crippen molar-refractivity contribution in [2.24, 2.45) is 0 Å². The molecule has 9 rings (SSSR count). The maximum Gasteiger partial charge on any atom is 0.302 e. The lowest BCUT2D eigenvalue weighted by molar-refractivity contribution is -0.146. The minimum Gasteiger partial charge on any atom is -0.461 e. The molecule has 0 aromatic heterocycles. The van der Waals surface area contributed by atoms with Gasteiger partial charge >= 0.3 is 5.97 Å². The number of sulfonamides is 3. The van der Waals surface area contributed by atoms with Crippen LogP contribution in [-0.4, -0.2) is 153 Å². The number of aliphatic hydroxyl groups is 3. The lowest BCUT2D eigenvalue weighted by Gasteiger charge is -2.24. The van der Waals surface area contributed by atoms with E-state index in [1.165, 1.54) is 0 Å². The monoisotopic (exact) mass is 1430 g/mol. The van der Waals surface area contributed by atoms with Crippen LogP contribution in [0.3, 0.4) is 0 Å². The van der Waals surface area contributed by atoms with Crippen LogP contribution >= 0.6 is 0 Å². The van der Waals surface area contributed by atoms with Crippen molar-refractivity contribution in [2.45, 2.75) is 96.9 Å². The highest BCUT2D eigenvalue weighted by Crippen LogP contribution is 2.31. The number of esters is 1. The van der Waals surface area contributed by atoms with E-state index in [1.807, 2.05) is 0 Å². The summed E-state index contributed by atoms with van der Waals surface area (Å²) in [5, 5.41) is 35.4. The first kappa shape index (κ1) is 75.2. The highest BCUT2D eigenvalue weighted by molar-refractivity contribution is 7.89. The van der Waals surface area contributed by atoms with Gasteiger partial charge in [0.15, 0.2) is 52.4 Å². The molecular weight excluding hydrogens is 1380 g/mol. The number of aliphatic hydroxyl groups excluding tert-OH is 3. The van der Waals surface area contributed by atoms with E-state index in [-0.39, 0.29) is 74.8 Å². The minimum atomic E-state index is -4.61. The van der Waals surface area contributed by atoms with Crippen LogP contribution in [0.4, 0.5) is 78.5 Å². The van der Waals surface area contributed by atoms with Crippen molar-refractivity contribution in [3.8, 4) is 0 Å². The number of carbonyl (C=O) groups excluding carboxylic acids is 4. The smallest absolute Gasteiger partial charge is 0.302 e. The summed E-state index contributed by atoms with van der Waals surface area (Å²) in [5.74, 6) is -21.9. The SMILES string of the molecule is CC(=O)O[C@@H]1CC[C@@H](O)CN(S(=O)(=O)c2cc(C(=O)Nc3cc(F)c(F)c(F)c3)ccc2F)C1.O=C(Nc1cc(F)c(F)c(F)c1)c1ccc(F)c(S(=O)(=O)N2CCC[C@@H](O)C(F)C2)c1.O=C(Nc1cc(F)c(F)c(F)c1)c1ccc(F)c(S(=O)(=O)N2CCC[C@H](O)C(F)C2)c1. The van der Waals surface area contributed by atoms with Gasteiger partial charge in [0.05, 0.1) is 24.9 Å². The van der Waals surface area contributed by atoms with Gasteiger partial charge < -0.3 is 36.0 Å². The van der Waals surface area contributed by atoms with E-state index in [1.54, 1.807) is 0 Å². The molecule has 6 N–H and O–H groups in total. The molecule has 3 amide bonds. The van der Waals surface area contributed by atoms with Crippen LogP contribution in [0, 0.1) is 69.8 Å². The number of amides is 3. The van der Waals surface area contributed by atoms with Gasteiger partial charge in [-0.15, -0.1) is 0 Å². The Morgan fingerprint density at radius 1 is 0.417 bits per heavy atom. The molecule has 96 heavy (non-hydrogen) atoms. The fraction of sp³-hybridized carbons (Fsp3) is 0.322. The molecule has 3 fully saturated rings. The molecule has 6 atom stereocenters. The van der Waals surface area contributed by atoms with E-state index in [2.05, 4.69) is 16.0 Å². The third-order valence-electron chi connectivity index (χ3n) is 14.5. The van der Waals surface area contributed by atoms with Gasteiger partial charge in [-0.05, 0) is 93.1 Å². The average Bonchev–Trinajstić information content (AvgIpc) is 1.03. The minimum absolute atomic E-state index is 0.0307. The summed E-state index contributed by atoms with van der Waals surface area (Å²) in [6.07, 6.45) is -7.74. The summed E-state index contributed by atoms with van der Waals surface area (Å²) < 4.78 is 275. The summed E-state index contributed by atoms with van der Waals surface area (Å²) >= 11 is 0. The summed E-state index contributed by atoms with van der Waals surface area (Å²) in [5.41, 5.74) is -2.48. The number of benzene rings is 6. The number of ether oxygens (including phenoxy) is 1. The van der Waals surface area contributed by atoms with Gasteiger partial charge in [0, 0.05) is 110 Å². The Labute approximate surface area is 537 Å². The molecule has 0 saturated carbocycles. The standard InChI is InChI=1S/C21H20F4N2O6S.2C19H17F5N2O4S/c1-11(28)33-15-4-3-14(29)9-27(10-15)34(31,32)19-6-12(2-5-16(19)22)21(30)26-13-7-17(23)20(25)18(24)8-13;2*20-12-4-3-10(19(28)25-11-7-13(21)18(24)14(22)8-11)6-17(12)31(29,30)26-5-1-2-16(27)15(23)9-26/h2,5-8,14-15,29H,3-4,9-10H2,1H3,(H,26,30);2*3-4,6-8,15-16,27H,1-2,5,9H2,(H,25,28)/t14-,15-;2*15?,16-/m110/s1. The molecule has 20 nitrogen and oxygen atoms in total. The van der Waals surface area contributed by atoms with E-state index >= 15 is 0 Å². The lowest BCUT2D eigenvalue weighted by Crippen LogP contribution is -2.40. The topological polar surface area (TPSA) is 286 Å². The molecule has 0 bridgehead atoms. The van der Waals surface area contributed by atoms with Crippen LogP contribution in [0.1, 0.15) is 76.5 Å². The number of hydrogen-bond acceptors (Lipinski definition) is 14. The molecule has 520 valence electrons. The number of hydrogen-bond donors (Lipinski definition) is 6. The summed E-state index contributed by atoms with van der Waals surface area (Å²) in [6, 6.07) is 10.1. The van der Waals surface area contributed by atoms with Crippen molar-refractivity contribution in [2.75, 3.05) is 55.2 Å². The van der Waals surface area contributed by atoms with Crippen LogP contribution in [-0.2, 0) is 39.6 Å². The predicted octanol–water partition coefficient (Wildman–Crippen LogP) is 8.53. The number of carbonyl (C=O) groups is 4. The van der Waals surface area contributed by atoms with Crippen LogP contribution in [0.2, 0.25) is 0 Å². The zero-order chi connectivity index (χ0) is 71.1. The molecule has 2 unspecified atom stereocenters. The molecular formula is C59H54F14N6O14S3. The third-order valence-corrected chi connectivity index (χ3v) is 20.1. The van der Waals surface area contributed by atoms with Gasteiger partial charge in [0.2, 0.25) is 30.1 Å². The second-order valence-electron chi connectivity index (χ2n) is 21.5. The highest BCUT2D eigenvalue weighted by atomic mass is 32.2. The molecule has 6 aromatic carbocycles. The molecule has 3 aliphatic rings. The van der Waals surface area contributed by atoms with Gasteiger partial charge in [0.1, 0.15) is 50.6 Å². The predicted molar refractivity (Wildman–Crippen MR) is 309 cm³/mol. The van der Waals surface area contributed by atoms with Crippen molar-refractivity contribution in [1.82, 2.24) is 12.9 Å². The molecule has 0 radical (unpaired) electrons. The van der Waals surface area contributed by atoms with Gasteiger partial charge in [-0.1, -0.05) is 0 Å². The van der Waals surface area contributed by atoms with Crippen molar-refractivity contribution in [3.05, 3.63) is 177 Å². The number of anilines is 3. The lowest BCUT2D eigenvalue weighted by atomic mass is 10.1. The maximum absolute atomic E-state index is 14.5. The van der Waals surface area contributed by atoms with Crippen LogP contribution < -0.4 is 16.0 Å². The van der Waals surface area contributed by atoms with E-state index in [4.69, 9.17) is 4.74 Å². The Balaban J connectivity index is 0.000000203. The maximum atomic E-state index is 14.5. The van der Waals surface area contributed by atoms with E-state index in [0.29, 0.717) is 81.4 Å². The van der Waals surface area contributed by atoms with E-state index in [9.17, 15) is 121 Å². The first-order valence-corrected chi connectivity index (χ1v) is 32.5. The molecule has 0 spiro atoms. The second-order valence-corrected chi connectivity index (χ2v) is 27.2. The number of β-amino-alcohol motifs (C(OH)–C–C–N with tert-alkyl or cyclic N) is 1. The Kier molecular flexibility index (Phi) is 24.6. The quantitative estimate of drug-likeness (QED) is 0.0359. The Hall–Kier alpha value is -8.17. The largest absolute Gasteiger partial charge is 0.461 e.